The molecule has 0 unspecified atom stereocenters. The van der Waals surface area contributed by atoms with E-state index in [-0.39, 0.29) is 16.7 Å². The molecule has 0 aromatic heterocycles. The second-order valence-corrected chi connectivity index (χ2v) is 19.4. The molecule has 0 radical (unpaired) electrons. The van der Waals surface area contributed by atoms with Gasteiger partial charge in [-0.05, 0) is 36.3 Å². The molecule has 7 heteroatoms. The second-order valence-electron chi connectivity index (χ2n) is 9.93. The average molecular weight is 379 g/mol. The standard InChI is InChI=1S/C17H38O5Si2/c1-16(2,3)23(7,8)21-13-12(11-18)20-15(19)14(13)22-24(9,10)17(4,5)6/h12-15,18-19H,11H2,1-10H3/t12-,13-,14+,15+/m1/s1. The number of hydrogen-bond acceptors (Lipinski definition) is 5. The van der Waals surface area contributed by atoms with E-state index < -0.39 is 41.2 Å². The smallest absolute Gasteiger partial charge is 0.192 e. The van der Waals surface area contributed by atoms with Gasteiger partial charge in [0.2, 0.25) is 0 Å². The molecule has 0 amide bonds. The Morgan fingerprint density at radius 2 is 1.21 bits per heavy atom. The Labute approximate surface area is 150 Å². The van der Waals surface area contributed by atoms with Gasteiger partial charge in [0.15, 0.2) is 22.9 Å². The highest BCUT2D eigenvalue weighted by Gasteiger charge is 2.53. The summed E-state index contributed by atoms with van der Waals surface area (Å²) in [5.74, 6) is 0. The van der Waals surface area contributed by atoms with E-state index in [2.05, 4.69) is 67.7 Å². The van der Waals surface area contributed by atoms with Crippen molar-refractivity contribution in [1.29, 1.82) is 0 Å². The van der Waals surface area contributed by atoms with Crippen molar-refractivity contribution in [3.8, 4) is 0 Å². The molecule has 4 atom stereocenters. The van der Waals surface area contributed by atoms with Crippen molar-refractivity contribution in [3.05, 3.63) is 0 Å². The SMILES string of the molecule is CC(C)(C)[Si](C)(C)O[C@H]1[C@H](O[Si](C)(C)C(C)(C)C)[C@@H](CO)O[C@@H]1O. The van der Waals surface area contributed by atoms with Crippen molar-refractivity contribution in [2.45, 2.75) is 102 Å². The van der Waals surface area contributed by atoms with Crippen LogP contribution in [0.3, 0.4) is 0 Å². The van der Waals surface area contributed by atoms with Crippen LogP contribution in [0.25, 0.3) is 0 Å². The number of aliphatic hydroxyl groups is 2. The molecular formula is C17H38O5Si2. The van der Waals surface area contributed by atoms with Gasteiger partial charge in [-0.2, -0.15) is 0 Å². The Hall–Kier alpha value is 0.234. The molecule has 0 aromatic carbocycles. The molecule has 24 heavy (non-hydrogen) atoms. The molecule has 0 aromatic rings. The molecule has 1 aliphatic heterocycles. The summed E-state index contributed by atoms with van der Waals surface area (Å²) in [5, 5.41) is 20.1. The van der Waals surface area contributed by atoms with Gasteiger partial charge in [0, 0.05) is 0 Å². The first-order chi connectivity index (χ1) is 10.5. The number of ether oxygens (including phenoxy) is 1. The highest BCUT2D eigenvalue weighted by molar-refractivity contribution is 6.74. The van der Waals surface area contributed by atoms with Gasteiger partial charge >= 0.3 is 0 Å². The molecule has 1 aliphatic rings. The van der Waals surface area contributed by atoms with Crippen molar-refractivity contribution in [3.63, 3.8) is 0 Å². The quantitative estimate of drug-likeness (QED) is 0.717. The van der Waals surface area contributed by atoms with Crippen LogP contribution in [0.1, 0.15) is 41.5 Å². The lowest BCUT2D eigenvalue weighted by Gasteiger charge is -2.43. The lowest BCUT2D eigenvalue weighted by Crippen LogP contribution is -2.54. The van der Waals surface area contributed by atoms with Crippen LogP contribution in [0, 0.1) is 0 Å². The minimum atomic E-state index is -2.10. The summed E-state index contributed by atoms with van der Waals surface area (Å²) in [5.41, 5.74) is 0. The number of hydrogen-bond donors (Lipinski definition) is 2. The lowest BCUT2D eigenvalue weighted by atomic mass is 10.1. The van der Waals surface area contributed by atoms with E-state index >= 15 is 0 Å². The van der Waals surface area contributed by atoms with E-state index in [0.717, 1.165) is 0 Å². The minimum Gasteiger partial charge on any atom is -0.408 e. The van der Waals surface area contributed by atoms with Crippen molar-refractivity contribution in [2.24, 2.45) is 0 Å². The Balaban J connectivity index is 3.08. The van der Waals surface area contributed by atoms with Crippen molar-refractivity contribution in [2.75, 3.05) is 6.61 Å². The largest absolute Gasteiger partial charge is 0.408 e. The lowest BCUT2D eigenvalue weighted by molar-refractivity contribution is -0.130. The maximum Gasteiger partial charge on any atom is 0.192 e. The van der Waals surface area contributed by atoms with Crippen molar-refractivity contribution in [1.82, 2.24) is 0 Å². The first-order valence-corrected chi connectivity index (χ1v) is 14.7. The molecule has 1 fully saturated rings. The monoisotopic (exact) mass is 378 g/mol. The van der Waals surface area contributed by atoms with Crippen molar-refractivity contribution >= 4 is 16.6 Å². The van der Waals surface area contributed by atoms with Crippen LogP contribution in [-0.4, -0.2) is 58.1 Å². The molecule has 0 spiro atoms. The minimum absolute atomic E-state index is 0.0194. The first kappa shape index (κ1) is 22.3. The van der Waals surface area contributed by atoms with Gasteiger partial charge < -0.3 is 23.8 Å². The van der Waals surface area contributed by atoms with Gasteiger partial charge in [-0.1, -0.05) is 41.5 Å². The molecule has 0 saturated carbocycles. The molecule has 2 N–H and O–H groups in total. The van der Waals surface area contributed by atoms with Crippen LogP contribution < -0.4 is 0 Å². The first-order valence-electron chi connectivity index (χ1n) is 8.83. The summed E-state index contributed by atoms with van der Waals surface area (Å²) in [6, 6.07) is 0. The van der Waals surface area contributed by atoms with E-state index in [9.17, 15) is 10.2 Å². The van der Waals surface area contributed by atoms with Crippen LogP contribution in [0.15, 0.2) is 0 Å². The third kappa shape index (κ3) is 4.69. The fourth-order valence-corrected chi connectivity index (χ4v) is 4.76. The predicted molar refractivity (Wildman–Crippen MR) is 102 cm³/mol. The van der Waals surface area contributed by atoms with Crippen LogP contribution in [0.4, 0.5) is 0 Å². The van der Waals surface area contributed by atoms with E-state index in [0.29, 0.717) is 0 Å². The van der Waals surface area contributed by atoms with Crippen LogP contribution in [-0.2, 0) is 13.6 Å². The molecule has 1 saturated heterocycles. The van der Waals surface area contributed by atoms with E-state index in [1.807, 2.05) is 0 Å². The topological polar surface area (TPSA) is 68.2 Å². The zero-order chi connectivity index (χ0) is 19.1. The Morgan fingerprint density at radius 3 is 1.54 bits per heavy atom. The molecule has 5 nitrogen and oxygen atoms in total. The highest BCUT2D eigenvalue weighted by atomic mass is 28.4. The molecule has 0 bridgehead atoms. The summed E-state index contributed by atoms with van der Waals surface area (Å²) in [6.45, 7) is 21.4. The zero-order valence-corrected chi connectivity index (χ0v) is 19.1. The molecule has 144 valence electrons. The summed E-state index contributed by atoms with van der Waals surface area (Å²) < 4.78 is 18.5. The third-order valence-electron chi connectivity index (χ3n) is 5.94. The van der Waals surface area contributed by atoms with Gasteiger partial charge in [0.25, 0.3) is 0 Å². The number of rotatable bonds is 5. The van der Waals surface area contributed by atoms with Crippen LogP contribution >= 0.6 is 0 Å². The molecule has 0 aliphatic carbocycles. The zero-order valence-electron chi connectivity index (χ0n) is 17.1. The number of aliphatic hydroxyl groups excluding tert-OH is 2. The van der Waals surface area contributed by atoms with Gasteiger partial charge in [0.05, 0.1) is 6.61 Å². The summed E-state index contributed by atoms with van der Waals surface area (Å²) in [4.78, 5) is 0. The summed E-state index contributed by atoms with van der Waals surface area (Å²) in [7, 11) is -4.19. The average Bonchev–Trinajstić information content (AvgIpc) is 2.63. The highest BCUT2D eigenvalue weighted by Crippen LogP contribution is 2.43. The van der Waals surface area contributed by atoms with Gasteiger partial charge in [-0.15, -0.1) is 0 Å². The van der Waals surface area contributed by atoms with Gasteiger partial charge in [-0.3, -0.25) is 0 Å². The van der Waals surface area contributed by atoms with Gasteiger partial charge in [0.1, 0.15) is 18.3 Å². The Bertz CT molecular complexity index is 426. The fraction of sp³-hybridized carbons (Fsp3) is 1.00. The molecular weight excluding hydrogens is 340 g/mol. The summed E-state index contributed by atoms with van der Waals surface area (Å²) in [6.07, 6.45) is -2.62. The summed E-state index contributed by atoms with van der Waals surface area (Å²) >= 11 is 0. The van der Waals surface area contributed by atoms with Gasteiger partial charge in [-0.25, -0.2) is 0 Å². The maximum atomic E-state index is 10.4. The van der Waals surface area contributed by atoms with E-state index in [4.69, 9.17) is 13.6 Å². The maximum absolute atomic E-state index is 10.4. The van der Waals surface area contributed by atoms with Crippen LogP contribution in [0.2, 0.25) is 36.3 Å². The second kappa shape index (κ2) is 7.10. The fourth-order valence-electron chi connectivity index (χ4n) is 2.16. The van der Waals surface area contributed by atoms with E-state index in [1.54, 1.807) is 0 Å². The molecule has 1 heterocycles. The Morgan fingerprint density at radius 1 is 0.833 bits per heavy atom. The molecule has 1 rings (SSSR count). The predicted octanol–water partition coefficient (Wildman–Crippen LogP) is 3.48. The van der Waals surface area contributed by atoms with E-state index in [1.165, 1.54) is 0 Å². The normalized spacial score (nSPS) is 30.0. The van der Waals surface area contributed by atoms with Crippen LogP contribution in [0.5, 0.6) is 0 Å². The Kier molecular flexibility index (Phi) is 6.59. The third-order valence-corrected chi connectivity index (χ3v) is 14.9. The van der Waals surface area contributed by atoms with Crippen molar-refractivity contribution < 1.29 is 23.8 Å².